The quantitative estimate of drug-likeness (QED) is 0.802. The zero-order valence-electron chi connectivity index (χ0n) is 11.2. The third-order valence-electron chi connectivity index (χ3n) is 2.85. The summed E-state index contributed by atoms with van der Waals surface area (Å²) in [7, 11) is 0. The smallest absolute Gasteiger partial charge is 0.336 e. The molecule has 0 aliphatic carbocycles. The van der Waals surface area contributed by atoms with Crippen molar-refractivity contribution in [1.82, 2.24) is 0 Å². The second-order valence-electron chi connectivity index (χ2n) is 4.39. The Morgan fingerprint density at radius 3 is 2.48 bits per heavy atom. The Hall–Kier alpha value is -2.53. The minimum absolute atomic E-state index is 0.144. The van der Waals surface area contributed by atoms with Gasteiger partial charge >= 0.3 is 12.0 Å². The Labute approximate surface area is 126 Å². The van der Waals surface area contributed by atoms with E-state index in [0.29, 0.717) is 22.0 Å². The molecule has 3 N–H and O–H groups in total. The van der Waals surface area contributed by atoms with Crippen LogP contribution >= 0.6 is 11.6 Å². The second kappa shape index (κ2) is 6.28. The molecule has 108 valence electrons. The van der Waals surface area contributed by atoms with Crippen LogP contribution in [0.4, 0.5) is 16.2 Å². The Balaban J connectivity index is 2.12. The summed E-state index contributed by atoms with van der Waals surface area (Å²) >= 11 is 5.94. The fourth-order valence-corrected chi connectivity index (χ4v) is 1.96. The molecule has 0 saturated carbocycles. The molecule has 0 radical (unpaired) electrons. The van der Waals surface area contributed by atoms with Crippen molar-refractivity contribution >= 4 is 35.0 Å². The molecular weight excluding hydrogens is 292 g/mol. The molecule has 2 aromatic rings. The number of amides is 2. The summed E-state index contributed by atoms with van der Waals surface area (Å²) in [4.78, 5) is 22.9. The summed E-state index contributed by atoms with van der Waals surface area (Å²) in [5.41, 5.74) is 1.63. The number of hydrogen-bond acceptors (Lipinski definition) is 2. The summed E-state index contributed by atoms with van der Waals surface area (Å²) < 4.78 is 0. The van der Waals surface area contributed by atoms with E-state index in [4.69, 9.17) is 16.7 Å². The molecule has 2 amide bonds. The largest absolute Gasteiger partial charge is 0.478 e. The Bertz CT molecular complexity index is 701. The van der Waals surface area contributed by atoms with Crippen molar-refractivity contribution in [3.8, 4) is 0 Å². The van der Waals surface area contributed by atoms with E-state index in [-0.39, 0.29) is 5.56 Å². The Morgan fingerprint density at radius 2 is 1.81 bits per heavy atom. The van der Waals surface area contributed by atoms with Crippen LogP contribution < -0.4 is 10.6 Å². The first-order valence-electron chi connectivity index (χ1n) is 6.14. The van der Waals surface area contributed by atoms with E-state index < -0.39 is 12.0 Å². The molecule has 0 atom stereocenters. The van der Waals surface area contributed by atoms with Gasteiger partial charge in [-0.15, -0.1) is 0 Å². The first-order chi connectivity index (χ1) is 9.97. The summed E-state index contributed by atoms with van der Waals surface area (Å²) in [6.07, 6.45) is 0. The van der Waals surface area contributed by atoms with Gasteiger partial charge < -0.3 is 15.7 Å². The summed E-state index contributed by atoms with van der Waals surface area (Å²) in [6.45, 7) is 1.69. The number of hydrogen-bond donors (Lipinski definition) is 3. The molecule has 0 bridgehead atoms. The lowest BCUT2D eigenvalue weighted by Gasteiger charge is -2.10. The van der Waals surface area contributed by atoms with Gasteiger partial charge in [-0.2, -0.15) is 0 Å². The van der Waals surface area contributed by atoms with Gasteiger partial charge in [0.05, 0.1) is 16.3 Å². The van der Waals surface area contributed by atoms with Crippen LogP contribution in [0.1, 0.15) is 15.9 Å². The number of carboxylic acids is 1. The summed E-state index contributed by atoms with van der Waals surface area (Å²) in [6, 6.07) is 11.0. The molecule has 0 aromatic heterocycles. The summed E-state index contributed by atoms with van der Waals surface area (Å²) in [5.74, 6) is -1.04. The maximum absolute atomic E-state index is 11.9. The highest BCUT2D eigenvalue weighted by Gasteiger charge is 2.10. The number of urea groups is 1. The van der Waals surface area contributed by atoms with Crippen molar-refractivity contribution in [2.24, 2.45) is 0 Å². The van der Waals surface area contributed by atoms with Gasteiger partial charge in [-0.3, -0.25) is 0 Å². The van der Waals surface area contributed by atoms with Gasteiger partial charge in [0.1, 0.15) is 0 Å². The van der Waals surface area contributed by atoms with Crippen LogP contribution in [-0.4, -0.2) is 17.1 Å². The van der Waals surface area contributed by atoms with E-state index in [1.165, 1.54) is 6.07 Å². The highest BCUT2D eigenvalue weighted by Crippen LogP contribution is 2.21. The molecule has 5 nitrogen and oxygen atoms in total. The van der Waals surface area contributed by atoms with E-state index >= 15 is 0 Å². The summed E-state index contributed by atoms with van der Waals surface area (Å²) in [5, 5.41) is 14.6. The molecule has 0 aliphatic heterocycles. The topological polar surface area (TPSA) is 78.4 Å². The molecule has 0 spiro atoms. The molecular formula is C15H13ClN2O3. The number of carbonyl (C=O) groups excluding carboxylic acids is 1. The third-order valence-corrected chi connectivity index (χ3v) is 3.18. The third kappa shape index (κ3) is 3.73. The lowest BCUT2D eigenvalue weighted by molar-refractivity contribution is 0.0696. The van der Waals surface area contributed by atoms with E-state index in [9.17, 15) is 9.59 Å². The lowest BCUT2D eigenvalue weighted by atomic mass is 10.1. The average molecular weight is 305 g/mol. The number of carbonyl (C=O) groups is 2. The monoisotopic (exact) mass is 304 g/mol. The average Bonchev–Trinajstić information content (AvgIpc) is 2.43. The van der Waals surface area contributed by atoms with Gasteiger partial charge in [-0.25, -0.2) is 9.59 Å². The van der Waals surface area contributed by atoms with Crippen molar-refractivity contribution in [3.63, 3.8) is 0 Å². The maximum atomic E-state index is 11.9. The van der Waals surface area contributed by atoms with Gasteiger partial charge in [0, 0.05) is 5.69 Å². The van der Waals surface area contributed by atoms with E-state index in [2.05, 4.69) is 10.6 Å². The van der Waals surface area contributed by atoms with Gasteiger partial charge in [-0.05, 0) is 36.8 Å². The van der Waals surface area contributed by atoms with E-state index in [0.717, 1.165) is 0 Å². The van der Waals surface area contributed by atoms with Crippen molar-refractivity contribution in [2.45, 2.75) is 6.92 Å². The van der Waals surface area contributed by atoms with Gasteiger partial charge in [0.15, 0.2) is 0 Å². The number of benzene rings is 2. The van der Waals surface area contributed by atoms with Crippen LogP contribution in [-0.2, 0) is 0 Å². The van der Waals surface area contributed by atoms with Crippen LogP contribution in [0.5, 0.6) is 0 Å². The first kappa shape index (κ1) is 14.9. The predicted molar refractivity (Wildman–Crippen MR) is 82.2 cm³/mol. The fraction of sp³-hybridized carbons (Fsp3) is 0.0667. The number of halogens is 1. The number of carboxylic acid groups (broad SMARTS) is 1. The van der Waals surface area contributed by atoms with Crippen molar-refractivity contribution in [3.05, 3.63) is 58.6 Å². The SMILES string of the molecule is Cc1ccc(NC(=O)Nc2ccccc2Cl)cc1C(=O)O. The normalized spacial score (nSPS) is 10.0. The van der Waals surface area contributed by atoms with Gasteiger partial charge in [0.25, 0.3) is 0 Å². The zero-order chi connectivity index (χ0) is 15.4. The van der Waals surface area contributed by atoms with Crippen molar-refractivity contribution in [2.75, 3.05) is 10.6 Å². The predicted octanol–water partition coefficient (Wildman–Crippen LogP) is 3.99. The van der Waals surface area contributed by atoms with Crippen LogP contribution in [0.3, 0.4) is 0 Å². The van der Waals surface area contributed by atoms with Crippen LogP contribution in [0.15, 0.2) is 42.5 Å². The number of aryl methyl sites for hydroxylation is 1. The number of anilines is 2. The zero-order valence-corrected chi connectivity index (χ0v) is 11.9. The number of para-hydroxylation sites is 1. The van der Waals surface area contributed by atoms with E-state index in [1.54, 1.807) is 43.3 Å². The molecule has 0 heterocycles. The maximum Gasteiger partial charge on any atom is 0.336 e. The van der Waals surface area contributed by atoms with Crippen LogP contribution in [0.25, 0.3) is 0 Å². The molecule has 0 aliphatic rings. The van der Waals surface area contributed by atoms with Crippen molar-refractivity contribution in [1.29, 1.82) is 0 Å². The number of nitrogens with one attached hydrogen (secondary N) is 2. The molecule has 2 rings (SSSR count). The number of aromatic carboxylic acids is 1. The molecule has 6 heteroatoms. The van der Waals surface area contributed by atoms with E-state index in [1.807, 2.05) is 0 Å². The molecule has 0 unspecified atom stereocenters. The van der Waals surface area contributed by atoms with Crippen molar-refractivity contribution < 1.29 is 14.7 Å². The highest BCUT2D eigenvalue weighted by molar-refractivity contribution is 6.33. The highest BCUT2D eigenvalue weighted by atomic mass is 35.5. The number of rotatable bonds is 3. The minimum Gasteiger partial charge on any atom is -0.478 e. The first-order valence-corrected chi connectivity index (χ1v) is 6.51. The van der Waals surface area contributed by atoms with Crippen LogP contribution in [0, 0.1) is 6.92 Å². The Morgan fingerprint density at radius 1 is 1.10 bits per heavy atom. The van der Waals surface area contributed by atoms with Gasteiger partial charge in [-0.1, -0.05) is 29.8 Å². The standard InChI is InChI=1S/C15H13ClN2O3/c1-9-6-7-10(8-11(9)14(19)20)17-15(21)18-13-5-3-2-4-12(13)16/h2-8H,1H3,(H,19,20)(H2,17,18,21). The lowest BCUT2D eigenvalue weighted by Crippen LogP contribution is -2.20. The van der Waals surface area contributed by atoms with Crippen LogP contribution in [0.2, 0.25) is 5.02 Å². The molecule has 0 fully saturated rings. The second-order valence-corrected chi connectivity index (χ2v) is 4.80. The molecule has 21 heavy (non-hydrogen) atoms. The minimum atomic E-state index is -1.04. The molecule has 2 aromatic carbocycles. The Kier molecular flexibility index (Phi) is 4.45. The molecule has 0 saturated heterocycles. The van der Waals surface area contributed by atoms with Gasteiger partial charge in [0.2, 0.25) is 0 Å². The fourth-order valence-electron chi connectivity index (χ4n) is 1.78.